The zero-order chi connectivity index (χ0) is 12.5. The molecule has 2 nitrogen and oxygen atoms in total. The minimum atomic E-state index is 0.664. The Kier molecular flexibility index (Phi) is 7.10. The van der Waals surface area contributed by atoms with Crippen LogP contribution in [-0.2, 0) is 5.33 Å². The van der Waals surface area contributed by atoms with E-state index < -0.39 is 0 Å². The van der Waals surface area contributed by atoms with Crippen molar-refractivity contribution in [1.82, 2.24) is 0 Å². The Morgan fingerprint density at radius 2 is 1.94 bits per heavy atom. The number of halogens is 1. The number of para-hydroxylation sites is 1. The zero-order valence-electron chi connectivity index (χ0n) is 10.7. The summed E-state index contributed by atoms with van der Waals surface area (Å²) in [4.78, 5) is 0. The standard InChI is InChI=1S/C14H21BrO2/c1-3-5-6-10-17-14-12(11-15)8-7-9-13(14)16-4-2/h7-9H,3-6,10-11H2,1-2H3. The van der Waals surface area contributed by atoms with E-state index in [1.54, 1.807) is 0 Å². The van der Waals surface area contributed by atoms with Crippen molar-refractivity contribution in [3.05, 3.63) is 23.8 Å². The van der Waals surface area contributed by atoms with Crippen LogP contribution >= 0.6 is 15.9 Å². The fourth-order valence-corrected chi connectivity index (χ4v) is 2.07. The number of ether oxygens (including phenoxy) is 2. The SMILES string of the molecule is CCCCCOc1c(CBr)cccc1OCC. The van der Waals surface area contributed by atoms with Gasteiger partial charge in [0.1, 0.15) is 0 Å². The third kappa shape index (κ3) is 4.58. The topological polar surface area (TPSA) is 18.5 Å². The predicted molar refractivity (Wildman–Crippen MR) is 75.3 cm³/mol. The van der Waals surface area contributed by atoms with Gasteiger partial charge in [0.05, 0.1) is 13.2 Å². The van der Waals surface area contributed by atoms with E-state index in [-0.39, 0.29) is 0 Å². The lowest BCUT2D eigenvalue weighted by Gasteiger charge is -2.14. The molecular formula is C14H21BrO2. The minimum Gasteiger partial charge on any atom is -0.490 e. The maximum atomic E-state index is 5.86. The molecule has 0 heterocycles. The van der Waals surface area contributed by atoms with Crippen LogP contribution in [0.25, 0.3) is 0 Å². The molecule has 0 amide bonds. The first-order chi connectivity index (χ1) is 8.33. The molecule has 17 heavy (non-hydrogen) atoms. The molecule has 0 spiro atoms. The van der Waals surface area contributed by atoms with Gasteiger partial charge < -0.3 is 9.47 Å². The summed E-state index contributed by atoms with van der Waals surface area (Å²) < 4.78 is 11.4. The fraction of sp³-hybridized carbons (Fsp3) is 0.571. The summed E-state index contributed by atoms with van der Waals surface area (Å²) in [6, 6.07) is 6.03. The second kappa shape index (κ2) is 8.40. The number of hydrogen-bond acceptors (Lipinski definition) is 2. The van der Waals surface area contributed by atoms with E-state index >= 15 is 0 Å². The second-order valence-electron chi connectivity index (χ2n) is 3.87. The highest BCUT2D eigenvalue weighted by Gasteiger charge is 2.09. The molecule has 0 unspecified atom stereocenters. The van der Waals surface area contributed by atoms with Crippen molar-refractivity contribution in [2.45, 2.75) is 38.4 Å². The van der Waals surface area contributed by atoms with E-state index in [2.05, 4.69) is 28.9 Å². The first kappa shape index (κ1) is 14.4. The van der Waals surface area contributed by atoms with Crippen molar-refractivity contribution in [2.75, 3.05) is 13.2 Å². The van der Waals surface area contributed by atoms with Gasteiger partial charge in [-0.25, -0.2) is 0 Å². The summed E-state index contributed by atoms with van der Waals surface area (Å²) in [5, 5.41) is 0.789. The maximum absolute atomic E-state index is 5.86. The molecule has 0 aliphatic heterocycles. The van der Waals surface area contributed by atoms with Crippen LogP contribution in [0.3, 0.4) is 0 Å². The monoisotopic (exact) mass is 300 g/mol. The Balaban J connectivity index is 2.70. The Morgan fingerprint density at radius 1 is 1.12 bits per heavy atom. The number of unbranched alkanes of at least 4 members (excludes halogenated alkanes) is 2. The molecule has 0 atom stereocenters. The van der Waals surface area contributed by atoms with Crippen LogP contribution in [0.2, 0.25) is 0 Å². The first-order valence-corrected chi connectivity index (χ1v) is 7.39. The molecular weight excluding hydrogens is 280 g/mol. The summed E-state index contributed by atoms with van der Waals surface area (Å²) in [6.45, 7) is 5.61. The summed E-state index contributed by atoms with van der Waals surface area (Å²) in [7, 11) is 0. The first-order valence-electron chi connectivity index (χ1n) is 6.26. The predicted octanol–water partition coefficient (Wildman–Crippen LogP) is 4.55. The van der Waals surface area contributed by atoms with E-state index in [4.69, 9.17) is 9.47 Å². The van der Waals surface area contributed by atoms with E-state index in [1.807, 2.05) is 19.1 Å². The Hall–Kier alpha value is -0.700. The Labute approximate surface area is 112 Å². The van der Waals surface area contributed by atoms with E-state index in [0.29, 0.717) is 6.61 Å². The third-order valence-corrected chi connectivity index (χ3v) is 3.10. The summed E-state index contributed by atoms with van der Waals surface area (Å²) in [5.41, 5.74) is 1.15. The molecule has 0 fully saturated rings. The molecule has 0 aliphatic rings. The van der Waals surface area contributed by atoms with Gasteiger partial charge in [0.2, 0.25) is 0 Å². The van der Waals surface area contributed by atoms with Crippen LogP contribution in [0, 0.1) is 0 Å². The molecule has 0 aliphatic carbocycles. The molecule has 1 rings (SSSR count). The molecule has 3 heteroatoms. The van der Waals surface area contributed by atoms with Crippen LogP contribution in [0.5, 0.6) is 11.5 Å². The van der Waals surface area contributed by atoms with Crippen molar-refractivity contribution in [3.8, 4) is 11.5 Å². The Morgan fingerprint density at radius 3 is 2.59 bits per heavy atom. The van der Waals surface area contributed by atoms with E-state index in [0.717, 1.165) is 35.4 Å². The molecule has 0 radical (unpaired) electrons. The van der Waals surface area contributed by atoms with Crippen molar-refractivity contribution in [2.24, 2.45) is 0 Å². The van der Waals surface area contributed by atoms with Gasteiger partial charge in [-0.15, -0.1) is 0 Å². The molecule has 1 aromatic carbocycles. The number of benzene rings is 1. The molecule has 1 aromatic rings. The highest BCUT2D eigenvalue weighted by molar-refractivity contribution is 9.08. The average molecular weight is 301 g/mol. The Bertz CT molecular complexity index is 326. The highest BCUT2D eigenvalue weighted by atomic mass is 79.9. The highest BCUT2D eigenvalue weighted by Crippen LogP contribution is 2.32. The fourth-order valence-electron chi connectivity index (χ4n) is 1.63. The number of rotatable bonds is 8. The largest absolute Gasteiger partial charge is 0.490 e. The third-order valence-electron chi connectivity index (χ3n) is 2.50. The van der Waals surface area contributed by atoms with Crippen LogP contribution in [-0.4, -0.2) is 13.2 Å². The van der Waals surface area contributed by atoms with Gasteiger partial charge in [-0.05, 0) is 19.4 Å². The molecule has 0 bridgehead atoms. The lowest BCUT2D eigenvalue weighted by molar-refractivity contribution is 0.269. The van der Waals surface area contributed by atoms with Gasteiger partial charge in [0, 0.05) is 10.9 Å². The second-order valence-corrected chi connectivity index (χ2v) is 4.43. The lowest BCUT2D eigenvalue weighted by Crippen LogP contribution is -2.03. The molecule has 0 aromatic heterocycles. The van der Waals surface area contributed by atoms with E-state index in [9.17, 15) is 0 Å². The smallest absolute Gasteiger partial charge is 0.165 e. The summed E-state index contributed by atoms with van der Waals surface area (Å²) >= 11 is 3.48. The quantitative estimate of drug-likeness (QED) is 0.518. The van der Waals surface area contributed by atoms with Gasteiger partial charge in [0.15, 0.2) is 11.5 Å². The molecule has 0 N–H and O–H groups in total. The maximum Gasteiger partial charge on any atom is 0.165 e. The van der Waals surface area contributed by atoms with Gasteiger partial charge in [-0.1, -0.05) is 47.8 Å². The average Bonchev–Trinajstić information content (AvgIpc) is 2.36. The van der Waals surface area contributed by atoms with Crippen LogP contribution in [0.4, 0.5) is 0 Å². The normalized spacial score (nSPS) is 10.3. The van der Waals surface area contributed by atoms with Crippen molar-refractivity contribution in [3.63, 3.8) is 0 Å². The van der Waals surface area contributed by atoms with Crippen molar-refractivity contribution < 1.29 is 9.47 Å². The van der Waals surface area contributed by atoms with Crippen molar-refractivity contribution in [1.29, 1.82) is 0 Å². The lowest BCUT2D eigenvalue weighted by atomic mass is 10.2. The molecule has 96 valence electrons. The summed E-state index contributed by atoms with van der Waals surface area (Å²) in [6.07, 6.45) is 3.51. The van der Waals surface area contributed by atoms with Crippen molar-refractivity contribution >= 4 is 15.9 Å². The number of alkyl halides is 1. The van der Waals surface area contributed by atoms with Crippen LogP contribution < -0.4 is 9.47 Å². The minimum absolute atomic E-state index is 0.664. The van der Waals surface area contributed by atoms with Gasteiger partial charge in [-0.3, -0.25) is 0 Å². The zero-order valence-corrected chi connectivity index (χ0v) is 12.3. The molecule has 0 saturated heterocycles. The van der Waals surface area contributed by atoms with Gasteiger partial charge >= 0.3 is 0 Å². The van der Waals surface area contributed by atoms with Gasteiger partial charge in [0.25, 0.3) is 0 Å². The van der Waals surface area contributed by atoms with Crippen LogP contribution in [0.1, 0.15) is 38.7 Å². The van der Waals surface area contributed by atoms with Gasteiger partial charge in [-0.2, -0.15) is 0 Å². The molecule has 0 saturated carbocycles. The summed E-state index contributed by atoms with van der Waals surface area (Å²) in [5.74, 6) is 1.74. The number of hydrogen-bond donors (Lipinski definition) is 0. The van der Waals surface area contributed by atoms with Crippen LogP contribution in [0.15, 0.2) is 18.2 Å². The van der Waals surface area contributed by atoms with E-state index in [1.165, 1.54) is 12.8 Å².